The molecule has 0 aliphatic heterocycles. The molecular weight excluding hydrogens is 240 g/mol. The topological polar surface area (TPSA) is 71.4 Å². The Kier molecular flexibility index (Phi) is 5.95. The van der Waals surface area contributed by atoms with Crippen LogP contribution in [0.5, 0.6) is 0 Å². The quantitative estimate of drug-likeness (QED) is 0.480. The van der Waals surface area contributed by atoms with Crippen molar-refractivity contribution in [2.24, 2.45) is 0 Å². The van der Waals surface area contributed by atoms with Gasteiger partial charge >= 0.3 is 6.09 Å². The van der Waals surface area contributed by atoms with Gasteiger partial charge in [0.2, 0.25) is 0 Å². The summed E-state index contributed by atoms with van der Waals surface area (Å²) >= 11 is 1.06. The first kappa shape index (κ1) is 13.4. The molecule has 1 rings (SSSR count). The molecule has 0 atom stereocenters. The summed E-state index contributed by atoms with van der Waals surface area (Å²) in [5.74, 6) is 0.370. The minimum atomic E-state index is -0.525. The third-order valence-corrected chi connectivity index (χ3v) is 2.54. The van der Waals surface area contributed by atoms with Crippen LogP contribution >= 0.6 is 11.9 Å². The molecule has 17 heavy (non-hydrogen) atoms. The third-order valence-electron chi connectivity index (χ3n) is 1.82. The average Bonchev–Trinajstić information content (AvgIpc) is 2.37. The number of hydrogen-bond donors (Lipinski definition) is 2. The minimum Gasteiger partial charge on any atom is -0.484 e. The summed E-state index contributed by atoms with van der Waals surface area (Å²) in [5.41, 5.74) is 0.928. The van der Waals surface area contributed by atoms with Crippen LogP contribution in [-0.4, -0.2) is 24.9 Å². The van der Waals surface area contributed by atoms with Crippen molar-refractivity contribution in [2.75, 3.05) is 12.9 Å². The van der Waals surface area contributed by atoms with Gasteiger partial charge in [0.05, 0.1) is 12.9 Å². The van der Waals surface area contributed by atoms with E-state index in [0.717, 1.165) is 17.5 Å². The lowest BCUT2D eigenvalue weighted by atomic mass is 10.2. The Bertz CT molecular complexity index is 370. The smallest absolute Gasteiger partial charge is 0.417 e. The van der Waals surface area contributed by atoms with E-state index in [1.165, 1.54) is 7.11 Å². The molecule has 0 radical (unpaired) electrons. The Hall–Kier alpha value is -1.69. The van der Waals surface area contributed by atoms with Crippen molar-refractivity contribution in [1.82, 2.24) is 4.72 Å². The van der Waals surface area contributed by atoms with Crippen molar-refractivity contribution in [2.45, 2.75) is 6.61 Å². The van der Waals surface area contributed by atoms with E-state index in [0.29, 0.717) is 0 Å². The Labute approximate surface area is 104 Å². The maximum Gasteiger partial charge on any atom is 0.417 e. The second-order valence-electron chi connectivity index (χ2n) is 3.08. The molecule has 0 spiro atoms. The number of benzene rings is 1. The summed E-state index contributed by atoms with van der Waals surface area (Å²) in [5, 5.41) is 7.18. The molecule has 0 saturated heterocycles. The van der Waals surface area contributed by atoms with Gasteiger partial charge in [-0.3, -0.25) is 10.1 Å². The molecule has 0 aliphatic rings. The van der Waals surface area contributed by atoms with Crippen molar-refractivity contribution in [3.05, 3.63) is 35.9 Å². The monoisotopic (exact) mass is 254 g/mol. The van der Waals surface area contributed by atoms with Crippen molar-refractivity contribution in [3.63, 3.8) is 0 Å². The van der Waals surface area contributed by atoms with Gasteiger partial charge in [-0.1, -0.05) is 30.3 Å². The Morgan fingerprint density at radius 1 is 1.41 bits per heavy atom. The maximum absolute atomic E-state index is 11.2. The second-order valence-corrected chi connectivity index (χ2v) is 3.86. The van der Waals surface area contributed by atoms with Gasteiger partial charge < -0.3 is 9.47 Å². The van der Waals surface area contributed by atoms with Crippen LogP contribution in [0.1, 0.15) is 5.56 Å². The fourth-order valence-corrected chi connectivity index (χ4v) is 1.47. The van der Waals surface area contributed by atoms with Crippen LogP contribution in [-0.2, 0) is 16.1 Å². The third kappa shape index (κ3) is 5.82. The number of methoxy groups -OCH3 is 1. The normalized spacial score (nSPS) is 9.47. The van der Waals surface area contributed by atoms with Gasteiger partial charge in [0.25, 0.3) is 0 Å². The molecule has 0 aromatic heterocycles. The molecule has 1 amide bonds. The number of rotatable bonds is 5. The van der Waals surface area contributed by atoms with Gasteiger partial charge in [-0.25, -0.2) is 4.79 Å². The summed E-state index contributed by atoms with van der Waals surface area (Å²) in [6.45, 7) is 0.231. The number of carbonyl (C=O) groups is 1. The molecule has 0 unspecified atom stereocenters. The number of nitrogens with one attached hydrogen (secondary N) is 2. The van der Waals surface area contributed by atoms with Crippen molar-refractivity contribution >= 4 is 23.9 Å². The first-order valence-corrected chi connectivity index (χ1v) is 5.91. The lowest BCUT2D eigenvalue weighted by Gasteiger charge is -2.06. The van der Waals surface area contributed by atoms with Gasteiger partial charge in [-0.05, 0) is 17.5 Å². The molecule has 2 N–H and O–H groups in total. The number of amides is 1. The molecule has 1 aromatic carbocycles. The van der Waals surface area contributed by atoms with Gasteiger partial charge in [0.1, 0.15) is 6.61 Å². The Balaban J connectivity index is 2.16. The van der Waals surface area contributed by atoms with Crippen LogP contribution in [0.25, 0.3) is 0 Å². The van der Waals surface area contributed by atoms with Crippen LogP contribution < -0.4 is 4.72 Å². The highest BCUT2D eigenvalue weighted by atomic mass is 32.2. The summed E-state index contributed by atoms with van der Waals surface area (Å²) in [4.78, 5) is 11.2. The van der Waals surface area contributed by atoms with Crippen LogP contribution in [0.2, 0.25) is 0 Å². The molecule has 0 saturated carbocycles. The summed E-state index contributed by atoms with van der Waals surface area (Å²) < 4.78 is 12.0. The molecule has 0 heterocycles. The lowest BCUT2D eigenvalue weighted by Crippen LogP contribution is -2.19. The molecule has 0 fully saturated rings. The summed E-state index contributed by atoms with van der Waals surface area (Å²) in [7, 11) is 1.41. The molecule has 92 valence electrons. The molecule has 0 bridgehead atoms. The predicted molar refractivity (Wildman–Crippen MR) is 67.0 cm³/mol. The van der Waals surface area contributed by atoms with E-state index in [-0.39, 0.29) is 18.3 Å². The maximum atomic E-state index is 11.2. The fourth-order valence-electron chi connectivity index (χ4n) is 0.972. The summed E-state index contributed by atoms with van der Waals surface area (Å²) in [6, 6.07) is 9.41. The highest BCUT2D eigenvalue weighted by molar-refractivity contribution is 7.98. The van der Waals surface area contributed by atoms with Crippen LogP contribution in [0, 0.1) is 5.41 Å². The van der Waals surface area contributed by atoms with Crippen LogP contribution in [0.3, 0.4) is 0 Å². The molecular formula is C11H14N2O3S. The Morgan fingerprint density at radius 2 is 2.12 bits per heavy atom. The highest BCUT2D eigenvalue weighted by Gasteiger charge is 2.03. The van der Waals surface area contributed by atoms with Gasteiger partial charge in [0.15, 0.2) is 5.90 Å². The van der Waals surface area contributed by atoms with Crippen molar-refractivity contribution in [3.8, 4) is 0 Å². The van der Waals surface area contributed by atoms with E-state index in [1.807, 2.05) is 30.3 Å². The highest BCUT2D eigenvalue weighted by Crippen LogP contribution is 2.02. The first-order valence-electron chi connectivity index (χ1n) is 4.92. The largest absolute Gasteiger partial charge is 0.484 e. The zero-order chi connectivity index (χ0) is 12.5. The van der Waals surface area contributed by atoms with E-state index in [9.17, 15) is 4.79 Å². The zero-order valence-electron chi connectivity index (χ0n) is 9.43. The predicted octanol–water partition coefficient (Wildman–Crippen LogP) is 2.18. The molecule has 6 heteroatoms. The summed E-state index contributed by atoms with van der Waals surface area (Å²) in [6.07, 6.45) is -0.525. The van der Waals surface area contributed by atoms with Crippen LogP contribution in [0.4, 0.5) is 4.79 Å². The van der Waals surface area contributed by atoms with E-state index in [4.69, 9.17) is 10.1 Å². The molecule has 1 aromatic rings. The standard InChI is InChI=1S/C11H14N2O3S/c1-15-10(12)8-17-13-11(14)16-7-9-5-3-2-4-6-9/h2-6,12H,7-8H2,1H3,(H,13,14). The van der Waals surface area contributed by atoms with E-state index >= 15 is 0 Å². The molecule has 0 aliphatic carbocycles. The first-order chi connectivity index (χ1) is 8.22. The number of ether oxygens (including phenoxy) is 2. The zero-order valence-corrected chi connectivity index (χ0v) is 10.3. The number of hydrogen-bond acceptors (Lipinski definition) is 5. The van der Waals surface area contributed by atoms with Crippen molar-refractivity contribution < 1.29 is 14.3 Å². The van der Waals surface area contributed by atoms with Crippen molar-refractivity contribution in [1.29, 1.82) is 5.41 Å². The fraction of sp³-hybridized carbons (Fsp3) is 0.273. The average molecular weight is 254 g/mol. The van der Waals surface area contributed by atoms with Gasteiger partial charge in [-0.15, -0.1) is 0 Å². The lowest BCUT2D eigenvalue weighted by molar-refractivity contribution is 0.147. The second kappa shape index (κ2) is 7.56. The number of carbonyl (C=O) groups excluding carboxylic acids is 1. The van der Waals surface area contributed by atoms with E-state index in [2.05, 4.69) is 9.46 Å². The van der Waals surface area contributed by atoms with Gasteiger partial charge in [-0.2, -0.15) is 0 Å². The molecule has 5 nitrogen and oxygen atoms in total. The SMILES string of the molecule is COC(=N)CSNC(=O)OCc1ccccc1. The van der Waals surface area contributed by atoms with E-state index < -0.39 is 6.09 Å². The minimum absolute atomic E-state index is 0.0957. The van der Waals surface area contributed by atoms with E-state index in [1.54, 1.807) is 0 Å². The Morgan fingerprint density at radius 3 is 2.76 bits per heavy atom. The van der Waals surface area contributed by atoms with Crippen LogP contribution in [0.15, 0.2) is 30.3 Å². The van der Waals surface area contributed by atoms with Gasteiger partial charge in [0, 0.05) is 0 Å².